The minimum atomic E-state index is -0.00910. The summed E-state index contributed by atoms with van der Waals surface area (Å²) in [5.41, 5.74) is 1.24. The van der Waals surface area contributed by atoms with Crippen LogP contribution in [0.15, 0.2) is 12.4 Å². The first-order valence-corrected chi connectivity index (χ1v) is 9.11. The Hall–Kier alpha value is -1.40. The van der Waals surface area contributed by atoms with Crippen LogP contribution in [0.25, 0.3) is 0 Å². The molecule has 0 N–H and O–H groups in total. The van der Waals surface area contributed by atoms with Crippen LogP contribution in [0.3, 0.4) is 0 Å². The summed E-state index contributed by atoms with van der Waals surface area (Å²) in [4.78, 5) is 17.2. The Morgan fingerprint density at radius 2 is 2.25 bits per heavy atom. The van der Waals surface area contributed by atoms with Crippen LogP contribution in [0.2, 0.25) is 0 Å². The molecule has 1 aromatic rings. The van der Waals surface area contributed by atoms with E-state index in [1.165, 1.54) is 5.56 Å². The highest BCUT2D eigenvalue weighted by Crippen LogP contribution is 2.43. The SMILES string of the molecule is CC[C@@H]1N(Cc2cnn(C)c2)CCC[C@]12CCC(=O)N2CCOC. The van der Waals surface area contributed by atoms with Crippen LogP contribution in [-0.2, 0) is 23.1 Å². The summed E-state index contributed by atoms with van der Waals surface area (Å²) in [6.07, 6.45) is 9.04. The molecule has 2 fully saturated rings. The molecule has 0 saturated carbocycles. The standard InChI is InChI=1S/C18H30N4O2/c1-4-16-18(8-6-17(23)22(18)10-11-24-3)7-5-9-21(16)14-15-12-19-20(2)13-15/h12-13,16H,4-11,14H2,1-3H3/t16-,18-/m0/s1. The molecule has 1 amide bonds. The first-order valence-electron chi connectivity index (χ1n) is 9.11. The van der Waals surface area contributed by atoms with Gasteiger partial charge in [0.1, 0.15) is 0 Å². The number of aryl methyl sites for hydroxylation is 1. The molecule has 0 aromatic carbocycles. The Balaban J connectivity index is 1.82. The van der Waals surface area contributed by atoms with E-state index in [0.717, 1.165) is 38.8 Å². The summed E-state index contributed by atoms with van der Waals surface area (Å²) in [5, 5.41) is 4.30. The molecule has 134 valence electrons. The third-order valence-electron chi connectivity index (χ3n) is 5.78. The molecular formula is C18H30N4O2. The summed E-state index contributed by atoms with van der Waals surface area (Å²) < 4.78 is 7.12. The van der Waals surface area contributed by atoms with E-state index in [1.54, 1.807) is 7.11 Å². The number of aromatic nitrogens is 2. The minimum Gasteiger partial charge on any atom is -0.383 e. The van der Waals surface area contributed by atoms with Crippen molar-refractivity contribution >= 4 is 5.91 Å². The highest BCUT2D eigenvalue weighted by atomic mass is 16.5. The number of piperidine rings is 1. The number of likely N-dealkylation sites (tertiary alicyclic amines) is 2. The number of hydrogen-bond donors (Lipinski definition) is 0. The van der Waals surface area contributed by atoms with Gasteiger partial charge in [0.25, 0.3) is 0 Å². The Bertz CT molecular complexity index is 573. The molecule has 6 nitrogen and oxygen atoms in total. The maximum absolute atomic E-state index is 12.5. The highest BCUT2D eigenvalue weighted by molar-refractivity contribution is 5.80. The van der Waals surface area contributed by atoms with E-state index in [4.69, 9.17) is 4.74 Å². The molecule has 0 bridgehead atoms. The van der Waals surface area contributed by atoms with Gasteiger partial charge in [-0.25, -0.2) is 0 Å². The molecule has 6 heteroatoms. The van der Waals surface area contributed by atoms with Crippen molar-refractivity contribution in [2.75, 3.05) is 26.8 Å². The summed E-state index contributed by atoms with van der Waals surface area (Å²) in [6, 6.07) is 0.412. The van der Waals surface area contributed by atoms with Crippen LogP contribution < -0.4 is 0 Å². The summed E-state index contributed by atoms with van der Waals surface area (Å²) in [5.74, 6) is 0.300. The molecule has 2 atom stereocenters. The van der Waals surface area contributed by atoms with E-state index in [2.05, 4.69) is 28.0 Å². The zero-order chi connectivity index (χ0) is 17.2. The smallest absolute Gasteiger partial charge is 0.223 e. The Kier molecular flexibility index (Phi) is 5.25. The van der Waals surface area contributed by atoms with Crippen LogP contribution in [-0.4, -0.2) is 63.9 Å². The lowest BCUT2D eigenvalue weighted by molar-refractivity contribution is -0.136. The maximum atomic E-state index is 12.5. The number of carbonyl (C=O) groups is 1. The number of ether oxygens (including phenoxy) is 1. The number of hydrogen-bond acceptors (Lipinski definition) is 4. The van der Waals surface area contributed by atoms with Gasteiger partial charge in [-0.05, 0) is 32.2 Å². The Labute approximate surface area is 144 Å². The van der Waals surface area contributed by atoms with Gasteiger partial charge in [-0.1, -0.05) is 6.92 Å². The van der Waals surface area contributed by atoms with Crippen LogP contribution in [0.5, 0.6) is 0 Å². The lowest BCUT2D eigenvalue weighted by Crippen LogP contribution is -2.63. The average Bonchev–Trinajstić information content (AvgIpc) is 3.11. The minimum absolute atomic E-state index is 0.00910. The van der Waals surface area contributed by atoms with Gasteiger partial charge in [0.15, 0.2) is 0 Å². The Morgan fingerprint density at radius 3 is 2.92 bits per heavy atom. The number of nitrogens with zero attached hydrogens (tertiary/aromatic N) is 4. The Morgan fingerprint density at radius 1 is 1.42 bits per heavy atom. The zero-order valence-electron chi connectivity index (χ0n) is 15.2. The molecular weight excluding hydrogens is 304 g/mol. The second-order valence-electron chi connectivity index (χ2n) is 7.16. The van der Waals surface area contributed by atoms with E-state index in [0.29, 0.717) is 31.5 Å². The van der Waals surface area contributed by atoms with Gasteiger partial charge in [-0.15, -0.1) is 0 Å². The number of rotatable bonds is 6. The fourth-order valence-electron chi connectivity index (χ4n) is 4.84. The van der Waals surface area contributed by atoms with Gasteiger partial charge in [0, 0.05) is 51.5 Å². The van der Waals surface area contributed by atoms with Crippen LogP contribution in [0, 0.1) is 0 Å². The molecule has 2 aliphatic heterocycles. The van der Waals surface area contributed by atoms with Gasteiger partial charge in [-0.3, -0.25) is 14.4 Å². The fourth-order valence-corrected chi connectivity index (χ4v) is 4.84. The van der Waals surface area contributed by atoms with Crippen LogP contribution in [0.1, 0.15) is 44.6 Å². The van der Waals surface area contributed by atoms with E-state index in [-0.39, 0.29) is 5.54 Å². The van der Waals surface area contributed by atoms with E-state index >= 15 is 0 Å². The van der Waals surface area contributed by atoms with Crippen molar-refractivity contribution in [3.63, 3.8) is 0 Å². The maximum Gasteiger partial charge on any atom is 0.223 e. The number of methoxy groups -OCH3 is 1. The van der Waals surface area contributed by atoms with Gasteiger partial charge < -0.3 is 9.64 Å². The fraction of sp³-hybridized carbons (Fsp3) is 0.778. The first-order chi connectivity index (χ1) is 11.6. The topological polar surface area (TPSA) is 50.6 Å². The number of amides is 1. The third-order valence-corrected chi connectivity index (χ3v) is 5.78. The molecule has 0 aliphatic carbocycles. The molecule has 3 heterocycles. The van der Waals surface area contributed by atoms with E-state index in [1.807, 2.05) is 17.9 Å². The summed E-state index contributed by atoms with van der Waals surface area (Å²) in [6.45, 7) is 5.60. The molecule has 0 unspecified atom stereocenters. The van der Waals surface area contributed by atoms with Gasteiger partial charge in [0.05, 0.1) is 18.3 Å². The van der Waals surface area contributed by atoms with Crippen molar-refractivity contribution < 1.29 is 9.53 Å². The molecule has 2 saturated heterocycles. The normalized spacial score (nSPS) is 28.2. The van der Waals surface area contributed by atoms with Crippen molar-refractivity contribution in [1.82, 2.24) is 19.6 Å². The molecule has 0 radical (unpaired) electrons. The molecule has 1 aromatic heterocycles. The lowest BCUT2D eigenvalue weighted by atomic mass is 9.77. The zero-order valence-corrected chi connectivity index (χ0v) is 15.2. The van der Waals surface area contributed by atoms with E-state index in [9.17, 15) is 4.79 Å². The van der Waals surface area contributed by atoms with Crippen molar-refractivity contribution in [3.05, 3.63) is 18.0 Å². The predicted octanol–water partition coefficient (Wildman–Crippen LogP) is 1.80. The van der Waals surface area contributed by atoms with Gasteiger partial charge >= 0.3 is 0 Å². The molecule has 3 rings (SSSR count). The molecule has 24 heavy (non-hydrogen) atoms. The van der Waals surface area contributed by atoms with E-state index < -0.39 is 0 Å². The third kappa shape index (κ3) is 3.09. The monoisotopic (exact) mass is 334 g/mol. The van der Waals surface area contributed by atoms with Gasteiger partial charge in [-0.2, -0.15) is 5.10 Å². The quantitative estimate of drug-likeness (QED) is 0.796. The average molecular weight is 334 g/mol. The summed E-state index contributed by atoms with van der Waals surface area (Å²) >= 11 is 0. The van der Waals surface area contributed by atoms with Crippen LogP contribution in [0.4, 0.5) is 0 Å². The lowest BCUT2D eigenvalue weighted by Gasteiger charge is -2.52. The van der Waals surface area contributed by atoms with Crippen molar-refractivity contribution in [2.45, 2.75) is 57.2 Å². The predicted molar refractivity (Wildman–Crippen MR) is 92.5 cm³/mol. The largest absolute Gasteiger partial charge is 0.383 e. The first kappa shape index (κ1) is 17.4. The highest BCUT2D eigenvalue weighted by Gasteiger charge is 2.52. The molecule has 2 aliphatic rings. The number of carbonyl (C=O) groups excluding carboxylic acids is 1. The van der Waals surface area contributed by atoms with Crippen molar-refractivity contribution in [1.29, 1.82) is 0 Å². The second-order valence-corrected chi connectivity index (χ2v) is 7.16. The van der Waals surface area contributed by atoms with Gasteiger partial charge in [0.2, 0.25) is 5.91 Å². The second kappa shape index (κ2) is 7.23. The summed E-state index contributed by atoms with van der Waals surface area (Å²) in [7, 11) is 3.67. The van der Waals surface area contributed by atoms with Crippen molar-refractivity contribution in [2.24, 2.45) is 7.05 Å². The van der Waals surface area contributed by atoms with Crippen LogP contribution >= 0.6 is 0 Å². The van der Waals surface area contributed by atoms with Crippen molar-refractivity contribution in [3.8, 4) is 0 Å². The molecule has 1 spiro atoms.